The maximum atomic E-state index is 11.9. The van der Waals surface area contributed by atoms with Crippen LogP contribution in [0, 0.1) is 6.92 Å². The van der Waals surface area contributed by atoms with Gasteiger partial charge in [-0.1, -0.05) is 6.07 Å². The van der Waals surface area contributed by atoms with Crippen molar-refractivity contribution in [3.8, 4) is 0 Å². The van der Waals surface area contributed by atoms with E-state index in [-0.39, 0.29) is 18.9 Å². The minimum atomic E-state index is -3.26. The van der Waals surface area contributed by atoms with Crippen LogP contribution in [0.2, 0.25) is 0 Å². The monoisotopic (exact) mass is 272 g/mol. The first-order valence-electron chi connectivity index (χ1n) is 5.93. The Hall–Kier alpha value is -0.980. The van der Waals surface area contributed by atoms with Gasteiger partial charge in [0.1, 0.15) is 0 Å². The van der Waals surface area contributed by atoms with Crippen LogP contribution < -0.4 is 0 Å². The summed E-state index contributed by atoms with van der Waals surface area (Å²) in [5.74, 6) is 0.0654. The summed E-state index contributed by atoms with van der Waals surface area (Å²) < 4.78 is 25.1. The fraction of sp³-hybridized carbons (Fsp3) is 0.583. The largest absolute Gasteiger partial charge is 0.396 e. The number of aromatic nitrogens is 1. The molecule has 1 aromatic heterocycles. The minimum Gasteiger partial charge on any atom is -0.396 e. The predicted octanol–water partition coefficient (Wildman–Crippen LogP) is 0.924. The van der Waals surface area contributed by atoms with E-state index in [1.807, 2.05) is 25.1 Å². The molecular formula is C12H20N2O3S. The van der Waals surface area contributed by atoms with E-state index in [0.717, 1.165) is 11.4 Å². The summed E-state index contributed by atoms with van der Waals surface area (Å²) in [6.45, 7) is 2.18. The van der Waals surface area contributed by atoms with Crippen LogP contribution in [0.4, 0.5) is 0 Å². The number of aliphatic hydroxyl groups is 1. The van der Waals surface area contributed by atoms with Crippen molar-refractivity contribution in [3.63, 3.8) is 0 Å². The molecule has 18 heavy (non-hydrogen) atoms. The Morgan fingerprint density at radius 1 is 1.33 bits per heavy atom. The van der Waals surface area contributed by atoms with Crippen molar-refractivity contribution >= 4 is 10.0 Å². The van der Waals surface area contributed by atoms with E-state index >= 15 is 0 Å². The van der Waals surface area contributed by atoms with Crippen LogP contribution >= 0.6 is 0 Å². The van der Waals surface area contributed by atoms with Crippen LogP contribution in [0.3, 0.4) is 0 Å². The van der Waals surface area contributed by atoms with Crippen molar-refractivity contribution in [3.05, 3.63) is 29.6 Å². The molecule has 1 N–H and O–H groups in total. The summed E-state index contributed by atoms with van der Waals surface area (Å²) in [6, 6.07) is 5.55. The molecule has 0 unspecified atom stereocenters. The van der Waals surface area contributed by atoms with Crippen molar-refractivity contribution in [2.45, 2.75) is 26.3 Å². The van der Waals surface area contributed by atoms with Gasteiger partial charge < -0.3 is 5.11 Å². The van der Waals surface area contributed by atoms with Gasteiger partial charge >= 0.3 is 0 Å². The molecule has 0 aliphatic rings. The van der Waals surface area contributed by atoms with Gasteiger partial charge in [-0.2, -0.15) is 4.31 Å². The standard InChI is InChI=1S/C12H20N2O3S/c1-11-6-5-7-12(13-11)10-14(2)18(16,17)9-4-3-8-15/h5-7,15H,3-4,8-10H2,1-2H3. The second kappa shape index (κ2) is 6.82. The zero-order chi connectivity index (χ0) is 13.6. The summed E-state index contributed by atoms with van der Waals surface area (Å²) in [5, 5.41) is 8.65. The lowest BCUT2D eigenvalue weighted by atomic mass is 10.3. The highest BCUT2D eigenvalue weighted by atomic mass is 32.2. The number of pyridine rings is 1. The second-order valence-corrected chi connectivity index (χ2v) is 6.47. The fourth-order valence-corrected chi connectivity index (χ4v) is 2.78. The lowest BCUT2D eigenvalue weighted by molar-refractivity contribution is 0.287. The lowest BCUT2D eigenvalue weighted by Crippen LogP contribution is -2.29. The first-order chi connectivity index (χ1) is 8.45. The van der Waals surface area contributed by atoms with Gasteiger partial charge in [-0.15, -0.1) is 0 Å². The van der Waals surface area contributed by atoms with Crippen molar-refractivity contribution in [1.29, 1.82) is 0 Å². The number of rotatable bonds is 7. The summed E-state index contributed by atoms with van der Waals surface area (Å²) in [4.78, 5) is 4.28. The van der Waals surface area contributed by atoms with Gasteiger partial charge in [0, 0.05) is 19.3 Å². The molecule has 0 radical (unpaired) electrons. The number of sulfonamides is 1. The summed E-state index contributed by atoms with van der Waals surface area (Å²) in [6.07, 6.45) is 0.986. The molecule has 0 bridgehead atoms. The Labute approximate surface area is 109 Å². The van der Waals surface area contributed by atoms with Crippen molar-refractivity contribution in [2.24, 2.45) is 0 Å². The number of nitrogens with zero attached hydrogens (tertiary/aromatic N) is 2. The van der Waals surface area contributed by atoms with Gasteiger partial charge in [-0.25, -0.2) is 8.42 Å². The average molecular weight is 272 g/mol. The number of aryl methyl sites for hydroxylation is 1. The van der Waals surface area contributed by atoms with E-state index in [2.05, 4.69) is 4.98 Å². The van der Waals surface area contributed by atoms with E-state index in [4.69, 9.17) is 5.11 Å². The minimum absolute atomic E-state index is 0.0265. The first-order valence-corrected chi connectivity index (χ1v) is 7.54. The maximum Gasteiger partial charge on any atom is 0.214 e. The van der Waals surface area contributed by atoms with Gasteiger partial charge in [0.2, 0.25) is 10.0 Å². The molecule has 0 spiro atoms. The van der Waals surface area contributed by atoms with E-state index in [1.54, 1.807) is 7.05 Å². The summed E-state index contributed by atoms with van der Waals surface area (Å²) in [7, 11) is -1.71. The van der Waals surface area contributed by atoms with E-state index in [9.17, 15) is 8.42 Å². The maximum absolute atomic E-state index is 11.9. The third-order valence-corrected chi connectivity index (χ3v) is 4.50. The third kappa shape index (κ3) is 4.72. The molecule has 0 saturated heterocycles. The quantitative estimate of drug-likeness (QED) is 0.749. The van der Waals surface area contributed by atoms with Crippen molar-refractivity contribution < 1.29 is 13.5 Å². The van der Waals surface area contributed by atoms with E-state index in [1.165, 1.54) is 4.31 Å². The predicted molar refractivity (Wildman–Crippen MR) is 70.5 cm³/mol. The Balaban J connectivity index is 2.61. The molecule has 1 rings (SSSR count). The molecule has 0 aliphatic carbocycles. The average Bonchev–Trinajstić information content (AvgIpc) is 2.29. The number of unbranched alkanes of at least 4 members (excludes halogenated alkanes) is 1. The van der Waals surface area contributed by atoms with E-state index < -0.39 is 10.0 Å². The van der Waals surface area contributed by atoms with Crippen molar-refractivity contribution in [1.82, 2.24) is 9.29 Å². The van der Waals surface area contributed by atoms with Crippen molar-refractivity contribution in [2.75, 3.05) is 19.4 Å². The zero-order valence-electron chi connectivity index (χ0n) is 10.8. The van der Waals surface area contributed by atoms with Crippen LogP contribution in [-0.2, 0) is 16.6 Å². The van der Waals surface area contributed by atoms with E-state index in [0.29, 0.717) is 12.8 Å². The molecular weight excluding hydrogens is 252 g/mol. The molecule has 1 heterocycles. The molecule has 0 saturated carbocycles. The molecule has 6 heteroatoms. The van der Waals surface area contributed by atoms with Gasteiger partial charge in [-0.3, -0.25) is 4.98 Å². The Morgan fingerprint density at radius 2 is 2.06 bits per heavy atom. The molecule has 0 aromatic carbocycles. The molecule has 1 aromatic rings. The Bertz CT molecular complexity index is 474. The smallest absolute Gasteiger partial charge is 0.214 e. The highest BCUT2D eigenvalue weighted by Gasteiger charge is 2.17. The summed E-state index contributed by atoms with van der Waals surface area (Å²) in [5.41, 5.74) is 1.61. The summed E-state index contributed by atoms with van der Waals surface area (Å²) >= 11 is 0. The fourth-order valence-electron chi connectivity index (χ4n) is 1.57. The first kappa shape index (κ1) is 15.1. The molecule has 0 atom stereocenters. The highest BCUT2D eigenvalue weighted by molar-refractivity contribution is 7.89. The van der Waals surface area contributed by atoms with Crippen LogP contribution in [0.15, 0.2) is 18.2 Å². The topological polar surface area (TPSA) is 70.5 Å². The third-order valence-electron chi connectivity index (χ3n) is 2.62. The molecule has 0 aliphatic heterocycles. The van der Waals surface area contributed by atoms with Crippen LogP contribution in [0.25, 0.3) is 0 Å². The van der Waals surface area contributed by atoms with Crippen LogP contribution in [0.1, 0.15) is 24.2 Å². The number of aliphatic hydroxyl groups excluding tert-OH is 1. The molecule has 102 valence electrons. The second-order valence-electron chi connectivity index (χ2n) is 4.27. The lowest BCUT2D eigenvalue weighted by Gasteiger charge is -2.16. The molecule has 0 amide bonds. The van der Waals surface area contributed by atoms with Gasteiger partial charge in [0.25, 0.3) is 0 Å². The van der Waals surface area contributed by atoms with Gasteiger partial charge in [-0.05, 0) is 31.9 Å². The SMILES string of the molecule is Cc1cccc(CN(C)S(=O)(=O)CCCCO)n1. The normalized spacial score (nSPS) is 12.0. The number of hydrogen-bond donors (Lipinski definition) is 1. The zero-order valence-corrected chi connectivity index (χ0v) is 11.7. The molecule has 0 fully saturated rings. The Kier molecular flexibility index (Phi) is 5.71. The number of hydrogen-bond acceptors (Lipinski definition) is 4. The van der Waals surface area contributed by atoms with Gasteiger partial charge in [0.15, 0.2) is 0 Å². The van der Waals surface area contributed by atoms with Crippen LogP contribution in [0.5, 0.6) is 0 Å². The highest BCUT2D eigenvalue weighted by Crippen LogP contribution is 2.08. The van der Waals surface area contributed by atoms with Crippen LogP contribution in [-0.4, -0.2) is 42.2 Å². The Morgan fingerprint density at radius 3 is 2.67 bits per heavy atom. The van der Waals surface area contributed by atoms with Gasteiger partial charge in [0.05, 0.1) is 18.0 Å². The molecule has 5 nitrogen and oxygen atoms in total.